The van der Waals surface area contributed by atoms with E-state index in [0.717, 1.165) is 55.3 Å². The van der Waals surface area contributed by atoms with E-state index in [1.54, 1.807) is 0 Å². The predicted octanol–water partition coefficient (Wildman–Crippen LogP) is 14.7. The molecule has 0 amide bonds. The fraction of sp³-hybridized carbons (Fsp3) is 0. The maximum atomic E-state index is 6.45. The lowest BCUT2D eigenvalue weighted by Crippen LogP contribution is -1.93. The molecule has 9 aromatic carbocycles. The van der Waals surface area contributed by atoms with Gasteiger partial charge in [-0.1, -0.05) is 127 Å². The molecule has 0 radical (unpaired) electrons. The maximum absolute atomic E-state index is 6.45. The lowest BCUT2D eigenvalue weighted by Gasteiger charge is -2.18. The lowest BCUT2D eigenvalue weighted by molar-refractivity contribution is 0.619. The summed E-state index contributed by atoms with van der Waals surface area (Å²) in [4.78, 5) is 0. The largest absolute Gasteiger partial charge is 0.463 e. The van der Waals surface area contributed by atoms with Crippen molar-refractivity contribution < 1.29 is 8.83 Å². The van der Waals surface area contributed by atoms with E-state index < -0.39 is 0 Å². The minimum Gasteiger partial charge on any atom is -0.463 e. The van der Waals surface area contributed by atoms with Crippen LogP contribution in [0.5, 0.6) is 0 Å². The molecule has 3 aromatic heterocycles. The van der Waals surface area contributed by atoms with E-state index in [0.29, 0.717) is 0 Å². The van der Waals surface area contributed by atoms with Crippen LogP contribution in [0.25, 0.3) is 115 Å². The first kappa shape index (κ1) is 30.1. The van der Waals surface area contributed by atoms with Gasteiger partial charge in [0.05, 0.1) is 22.7 Å². The second-order valence-electron chi connectivity index (χ2n) is 14.4. The van der Waals surface area contributed by atoms with Gasteiger partial charge < -0.3 is 13.4 Å². The van der Waals surface area contributed by atoms with Crippen LogP contribution in [0, 0.1) is 0 Å². The molecular weight excluding hydrogens is 671 g/mol. The van der Waals surface area contributed by atoms with Gasteiger partial charge in [-0.2, -0.15) is 0 Å². The molecule has 0 fully saturated rings. The number of furan rings is 2. The maximum Gasteiger partial charge on any atom is 0.146 e. The highest BCUT2D eigenvalue weighted by Crippen LogP contribution is 2.47. The van der Waals surface area contributed by atoms with E-state index in [9.17, 15) is 0 Å². The third kappa shape index (κ3) is 4.38. The Balaban J connectivity index is 1.10. The molecule has 12 aromatic rings. The highest BCUT2D eigenvalue weighted by Gasteiger charge is 2.21. The summed E-state index contributed by atoms with van der Waals surface area (Å²) in [6.45, 7) is 0. The average molecular weight is 702 g/mol. The average Bonchev–Trinajstić information content (AvgIpc) is 3.95. The van der Waals surface area contributed by atoms with Crippen LogP contribution in [-0.4, -0.2) is 4.57 Å². The molecule has 3 nitrogen and oxygen atoms in total. The van der Waals surface area contributed by atoms with Crippen molar-refractivity contribution in [1.29, 1.82) is 0 Å². The van der Waals surface area contributed by atoms with Gasteiger partial charge >= 0.3 is 0 Å². The summed E-state index contributed by atoms with van der Waals surface area (Å²) in [6.07, 6.45) is 1.87. The van der Waals surface area contributed by atoms with Crippen LogP contribution in [0.2, 0.25) is 0 Å². The van der Waals surface area contributed by atoms with Crippen molar-refractivity contribution in [2.45, 2.75) is 0 Å². The number of hydrogen-bond donors (Lipinski definition) is 0. The highest BCUT2D eigenvalue weighted by atomic mass is 16.3. The molecule has 0 saturated heterocycles. The van der Waals surface area contributed by atoms with Crippen LogP contribution >= 0.6 is 0 Å². The molecule has 256 valence electrons. The van der Waals surface area contributed by atoms with Crippen LogP contribution in [0.3, 0.4) is 0 Å². The van der Waals surface area contributed by atoms with E-state index in [-0.39, 0.29) is 0 Å². The van der Waals surface area contributed by atoms with Crippen LogP contribution in [0.4, 0.5) is 0 Å². The normalized spacial score (nSPS) is 12.0. The van der Waals surface area contributed by atoms with E-state index in [4.69, 9.17) is 8.83 Å². The van der Waals surface area contributed by atoms with Gasteiger partial charge in [0.1, 0.15) is 16.7 Å². The molecule has 0 unspecified atom stereocenters. The summed E-state index contributed by atoms with van der Waals surface area (Å²) in [7, 11) is 0. The van der Waals surface area contributed by atoms with Gasteiger partial charge in [0.25, 0.3) is 0 Å². The van der Waals surface area contributed by atoms with Crippen LogP contribution in [0.1, 0.15) is 0 Å². The Bertz CT molecular complexity index is 3420. The van der Waals surface area contributed by atoms with Crippen molar-refractivity contribution in [3.8, 4) is 39.1 Å². The van der Waals surface area contributed by atoms with Crippen molar-refractivity contribution in [1.82, 2.24) is 4.57 Å². The molecule has 55 heavy (non-hydrogen) atoms. The summed E-state index contributed by atoms with van der Waals surface area (Å²) in [5.41, 5.74) is 13.1. The summed E-state index contributed by atoms with van der Waals surface area (Å²) >= 11 is 0. The summed E-state index contributed by atoms with van der Waals surface area (Å²) in [5.74, 6) is 0. The molecule has 12 rings (SSSR count). The highest BCUT2D eigenvalue weighted by molar-refractivity contribution is 6.24. The molecule has 3 heterocycles. The monoisotopic (exact) mass is 701 g/mol. The zero-order chi connectivity index (χ0) is 36.0. The van der Waals surface area contributed by atoms with Crippen LogP contribution in [0.15, 0.2) is 197 Å². The smallest absolute Gasteiger partial charge is 0.146 e. The Kier molecular flexibility index (Phi) is 6.34. The number of benzene rings is 9. The number of para-hydroxylation sites is 2. The molecule has 0 aliphatic carbocycles. The summed E-state index contributed by atoms with van der Waals surface area (Å²) in [6, 6.07) is 65.4. The topological polar surface area (TPSA) is 31.2 Å². The van der Waals surface area contributed by atoms with Crippen molar-refractivity contribution in [3.05, 3.63) is 188 Å². The molecule has 0 spiro atoms. The van der Waals surface area contributed by atoms with Crippen molar-refractivity contribution in [2.75, 3.05) is 0 Å². The van der Waals surface area contributed by atoms with Gasteiger partial charge in [-0.15, -0.1) is 0 Å². The van der Waals surface area contributed by atoms with E-state index in [1.165, 1.54) is 60.0 Å². The van der Waals surface area contributed by atoms with Crippen LogP contribution in [-0.2, 0) is 0 Å². The Morgan fingerprint density at radius 3 is 1.60 bits per heavy atom. The number of hydrogen-bond acceptors (Lipinski definition) is 2. The van der Waals surface area contributed by atoms with Crippen molar-refractivity contribution >= 4 is 76.3 Å². The number of aromatic nitrogens is 1. The Hall–Kier alpha value is -7.36. The van der Waals surface area contributed by atoms with Crippen molar-refractivity contribution in [3.63, 3.8) is 0 Å². The standard InChI is InChI=1S/C52H31NO2/c1-3-13-32(14-4-1)44-31-54-52-41(44)25-28-48-51(52)43-30-34(24-27-47(43)55-48)50-39-20-9-7-18-37(39)49(38-19-8-10-21-40(38)50)33-23-26-46-42(29-33)36-17-11-12-22-45(36)53(46)35-15-5-2-6-16-35/h1-31H. The first-order chi connectivity index (χ1) is 27.3. The number of nitrogens with zero attached hydrogens (tertiary/aromatic N) is 1. The molecule has 3 heteroatoms. The van der Waals surface area contributed by atoms with Gasteiger partial charge in [0.15, 0.2) is 0 Å². The lowest BCUT2D eigenvalue weighted by atomic mass is 9.85. The first-order valence-electron chi connectivity index (χ1n) is 18.7. The Morgan fingerprint density at radius 1 is 0.364 bits per heavy atom. The van der Waals surface area contributed by atoms with Crippen LogP contribution < -0.4 is 0 Å². The molecule has 0 aliphatic heterocycles. The summed E-state index contributed by atoms with van der Waals surface area (Å²) in [5, 5.41) is 10.5. The molecule has 0 saturated carbocycles. The van der Waals surface area contributed by atoms with Gasteiger partial charge in [-0.3, -0.25) is 0 Å². The Labute approximate surface area is 315 Å². The van der Waals surface area contributed by atoms with Gasteiger partial charge in [0, 0.05) is 32.8 Å². The second kappa shape index (κ2) is 11.6. The van der Waals surface area contributed by atoms with Gasteiger partial charge in [-0.05, 0) is 104 Å². The van der Waals surface area contributed by atoms with Gasteiger partial charge in [-0.25, -0.2) is 0 Å². The Morgan fingerprint density at radius 2 is 0.909 bits per heavy atom. The van der Waals surface area contributed by atoms with E-state index in [2.05, 4.69) is 180 Å². The quantitative estimate of drug-likeness (QED) is 0.171. The molecular formula is C52H31NO2. The summed E-state index contributed by atoms with van der Waals surface area (Å²) < 4.78 is 15.2. The van der Waals surface area contributed by atoms with Gasteiger partial charge in [0.2, 0.25) is 0 Å². The fourth-order valence-corrected chi connectivity index (χ4v) is 9.08. The molecule has 0 bridgehead atoms. The number of fused-ring (bicyclic) bond motifs is 10. The minimum atomic E-state index is 0.822. The molecule has 0 N–H and O–H groups in total. The molecule has 0 aliphatic rings. The number of rotatable bonds is 4. The first-order valence-corrected chi connectivity index (χ1v) is 18.7. The molecule has 0 atom stereocenters. The zero-order valence-electron chi connectivity index (χ0n) is 29.7. The minimum absolute atomic E-state index is 0.822. The third-order valence-electron chi connectivity index (χ3n) is 11.5. The fourth-order valence-electron chi connectivity index (χ4n) is 9.08. The van der Waals surface area contributed by atoms with E-state index >= 15 is 0 Å². The van der Waals surface area contributed by atoms with E-state index in [1.807, 2.05) is 12.3 Å². The third-order valence-corrected chi connectivity index (χ3v) is 11.5. The second-order valence-corrected chi connectivity index (χ2v) is 14.4. The predicted molar refractivity (Wildman–Crippen MR) is 229 cm³/mol. The zero-order valence-corrected chi connectivity index (χ0v) is 29.7. The van der Waals surface area contributed by atoms with Crippen molar-refractivity contribution in [2.24, 2.45) is 0 Å². The SMILES string of the molecule is c1ccc(-c2coc3c2ccc2oc4ccc(-c5c6ccccc6c(-c6ccc7c(c6)c6ccccc6n7-c6ccccc6)c6ccccc56)cc4c23)cc1.